The zero-order chi connectivity index (χ0) is 18.7. The van der Waals surface area contributed by atoms with Crippen LogP contribution >= 0.6 is 11.6 Å². The summed E-state index contributed by atoms with van der Waals surface area (Å²) in [5.41, 5.74) is 3.05. The first kappa shape index (κ1) is 17.6. The number of nitrogens with zero attached hydrogens (tertiary/aromatic N) is 2. The molecule has 2 aromatic rings. The van der Waals surface area contributed by atoms with Gasteiger partial charge in [0.15, 0.2) is 12.4 Å². The van der Waals surface area contributed by atoms with Gasteiger partial charge in [0.2, 0.25) is 0 Å². The van der Waals surface area contributed by atoms with E-state index in [0.29, 0.717) is 21.9 Å². The molecule has 0 aromatic heterocycles. The third-order valence-electron chi connectivity index (χ3n) is 3.65. The Bertz CT molecular complexity index is 924. The highest BCUT2D eigenvalue weighted by molar-refractivity contribution is 6.49. The number of nitro benzene ring substituents is 1. The number of rotatable bonds is 5. The monoisotopic (exact) mass is 373 g/mol. The van der Waals surface area contributed by atoms with Crippen LogP contribution in [0, 0.1) is 10.1 Å². The van der Waals surface area contributed by atoms with E-state index in [2.05, 4.69) is 10.5 Å². The summed E-state index contributed by atoms with van der Waals surface area (Å²) in [6.07, 6.45) is 0.0866. The van der Waals surface area contributed by atoms with Crippen LogP contribution in [-0.4, -0.2) is 28.9 Å². The molecule has 0 saturated carbocycles. The zero-order valence-electron chi connectivity index (χ0n) is 13.3. The van der Waals surface area contributed by atoms with Crippen molar-refractivity contribution in [3.63, 3.8) is 0 Å². The number of hydrazone groups is 1. The van der Waals surface area contributed by atoms with Crippen LogP contribution in [0.4, 0.5) is 5.69 Å². The molecule has 0 unspecified atom stereocenters. The molecule has 1 aliphatic rings. The van der Waals surface area contributed by atoms with Gasteiger partial charge < -0.3 is 4.74 Å². The summed E-state index contributed by atoms with van der Waals surface area (Å²) >= 11 is 5.76. The van der Waals surface area contributed by atoms with Gasteiger partial charge in [-0.05, 0) is 29.8 Å². The number of carbonyl (C=O) groups excluding carboxylic acids is 2. The van der Waals surface area contributed by atoms with Crippen LogP contribution in [0.5, 0.6) is 5.75 Å². The largest absolute Gasteiger partial charge is 0.484 e. The Morgan fingerprint density at radius 1 is 1.27 bits per heavy atom. The van der Waals surface area contributed by atoms with Crippen molar-refractivity contribution >= 4 is 34.7 Å². The molecule has 0 fully saturated rings. The Kier molecular flexibility index (Phi) is 4.94. The van der Waals surface area contributed by atoms with Crippen molar-refractivity contribution in [1.82, 2.24) is 5.43 Å². The summed E-state index contributed by atoms with van der Waals surface area (Å²) in [4.78, 5) is 34.2. The highest BCUT2D eigenvalue weighted by Gasteiger charge is 2.28. The van der Waals surface area contributed by atoms with Crippen molar-refractivity contribution in [3.8, 4) is 5.75 Å². The average Bonchev–Trinajstić information content (AvgIpc) is 2.93. The number of fused-ring (bicyclic) bond motifs is 1. The number of ketones is 1. The smallest absolute Gasteiger partial charge is 0.277 e. The number of carbonyl (C=O) groups is 2. The van der Waals surface area contributed by atoms with Gasteiger partial charge in [-0.25, -0.2) is 5.43 Å². The van der Waals surface area contributed by atoms with Crippen molar-refractivity contribution < 1.29 is 19.2 Å². The predicted octanol–water partition coefficient (Wildman–Crippen LogP) is 2.27. The van der Waals surface area contributed by atoms with Gasteiger partial charge in [0.05, 0.1) is 4.92 Å². The molecule has 26 heavy (non-hydrogen) atoms. The second-order valence-electron chi connectivity index (χ2n) is 5.44. The number of hydrogen-bond acceptors (Lipinski definition) is 6. The molecule has 9 heteroatoms. The number of non-ortho nitro benzene ring substituents is 1. The first-order valence-electron chi connectivity index (χ1n) is 7.50. The summed E-state index contributed by atoms with van der Waals surface area (Å²) in [6.45, 7) is -0.311. The lowest BCUT2D eigenvalue weighted by Gasteiger charge is -2.05. The third kappa shape index (κ3) is 3.86. The molecule has 0 atom stereocenters. The van der Waals surface area contributed by atoms with Gasteiger partial charge in [-0.15, -0.1) is 0 Å². The first-order valence-corrected chi connectivity index (χ1v) is 7.87. The maximum absolute atomic E-state index is 12.0. The van der Waals surface area contributed by atoms with Crippen molar-refractivity contribution in [1.29, 1.82) is 0 Å². The molecule has 8 nitrogen and oxygen atoms in total. The van der Waals surface area contributed by atoms with Gasteiger partial charge in [-0.1, -0.05) is 17.7 Å². The molecule has 1 aliphatic carbocycles. The molecule has 2 aromatic carbocycles. The number of amides is 1. The van der Waals surface area contributed by atoms with Crippen LogP contribution in [0.2, 0.25) is 5.02 Å². The summed E-state index contributed by atoms with van der Waals surface area (Å²) < 4.78 is 5.27. The molecule has 0 aliphatic heterocycles. The zero-order valence-corrected chi connectivity index (χ0v) is 14.0. The van der Waals surface area contributed by atoms with Crippen molar-refractivity contribution in [2.45, 2.75) is 6.42 Å². The fourth-order valence-electron chi connectivity index (χ4n) is 2.41. The minimum Gasteiger partial charge on any atom is -0.484 e. The Hall–Kier alpha value is -3.26. The van der Waals surface area contributed by atoms with Crippen molar-refractivity contribution in [2.24, 2.45) is 5.10 Å². The van der Waals surface area contributed by atoms with E-state index < -0.39 is 10.8 Å². The van der Waals surface area contributed by atoms with Crippen LogP contribution in [0.1, 0.15) is 11.1 Å². The second kappa shape index (κ2) is 7.32. The highest BCUT2D eigenvalue weighted by Crippen LogP contribution is 2.24. The molecule has 0 radical (unpaired) electrons. The first-order chi connectivity index (χ1) is 12.4. The normalized spacial score (nSPS) is 14.2. The summed E-state index contributed by atoms with van der Waals surface area (Å²) in [5.74, 6) is -0.436. The predicted molar refractivity (Wildman–Crippen MR) is 93.4 cm³/mol. The van der Waals surface area contributed by atoms with Crippen molar-refractivity contribution in [3.05, 3.63) is 68.7 Å². The van der Waals surface area contributed by atoms with Gasteiger partial charge in [0, 0.05) is 29.1 Å². The average molecular weight is 374 g/mol. The minimum atomic E-state index is -0.570. The SMILES string of the molecule is O=C(COc1ccc(Cl)cc1)N/N=C1\C(=O)Cc2ccc([N+](=O)[O-])cc21. The van der Waals surface area contributed by atoms with Gasteiger partial charge >= 0.3 is 0 Å². The van der Waals surface area contributed by atoms with E-state index in [1.54, 1.807) is 24.3 Å². The maximum atomic E-state index is 12.0. The molecule has 0 saturated heterocycles. The van der Waals surface area contributed by atoms with Gasteiger partial charge in [-0.2, -0.15) is 5.10 Å². The standard InChI is InChI=1S/C17H12ClN3O5/c18-11-2-5-13(6-3-11)26-9-16(23)19-20-17-14-8-12(21(24)25)4-1-10(14)7-15(17)22/h1-6,8H,7,9H2,(H,19,23)/b20-17-. The van der Waals surface area contributed by atoms with Crippen LogP contribution in [-0.2, 0) is 16.0 Å². The van der Waals surface area contributed by atoms with E-state index in [9.17, 15) is 19.7 Å². The Balaban J connectivity index is 1.67. The Morgan fingerprint density at radius 2 is 2.00 bits per heavy atom. The third-order valence-corrected chi connectivity index (χ3v) is 3.90. The quantitative estimate of drug-likeness (QED) is 0.638. The van der Waals surface area contributed by atoms with E-state index in [1.165, 1.54) is 18.2 Å². The molecule has 0 spiro atoms. The molecule has 0 bridgehead atoms. The Labute approximate surface area is 152 Å². The fourth-order valence-corrected chi connectivity index (χ4v) is 2.54. The number of nitro groups is 1. The molecule has 1 amide bonds. The van der Waals surface area contributed by atoms with Gasteiger partial charge in [0.1, 0.15) is 11.5 Å². The second-order valence-corrected chi connectivity index (χ2v) is 5.87. The van der Waals surface area contributed by atoms with E-state index >= 15 is 0 Å². The summed E-state index contributed by atoms with van der Waals surface area (Å²) in [7, 11) is 0. The minimum absolute atomic E-state index is 0.0106. The number of halogens is 1. The number of benzene rings is 2. The van der Waals surface area contributed by atoms with E-state index in [4.69, 9.17) is 16.3 Å². The topological polar surface area (TPSA) is 111 Å². The molecular formula is C17H12ClN3O5. The highest BCUT2D eigenvalue weighted by atomic mass is 35.5. The maximum Gasteiger partial charge on any atom is 0.277 e. The van der Waals surface area contributed by atoms with Gasteiger partial charge in [-0.3, -0.25) is 19.7 Å². The number of hydrogen-bond donors (Lipinski definition) is 1. The fraction of sp³-hybridized carbons (Fsp3) is 0.118. The number of nitrogens with one attached hydrogen (secondary N) is 1. The summed E-state index contributed by atoms with van der Waals surface area (Å²) in [6, 6.07) is 10.6. The molecule has 3 rings (SSSR count). The van der Waals surface area contributed by atoms with Crippen molar-refractivity contribution in [2.75, 3.05) is 6.61 Å². The van der Waals surface area contributed by atoms with Crippen LogP contribution in [0.3, 0.4) is 0 Å². The van der Waals surface area contributed by atoms with Crippen LogP contribution < -0.4 is 10.2 Å². The Morgan fingerprint density at radius 3 is 2.69 bits per heavy atom. The van der Waals surface area contributed by atoms with Crippen LogP contribution in [0.25, 0.3) is 0 Å². The van der Waals surface area contributed by atoms with Crippen LogP contribution in [0.15, 0.2) is 47.6 Å². The number of ether oxygens (including phenoxy) is 1. The van der Waals surface area contributed by atoms with E-state index in [1.807, 2.05) is 0 Å². The molecular weight excluding hydrogens is 362 g/mol. The molecule has 132 valence electrons. The number of Topliss-reactive ketones (excluding diaryl/α,β-unsaturated/α-hetero) is 1. The van der Waals surface area contributed by atoms with Gasteiger partial charge in [0.25, 0.3) is 11.6 Å². The molecule has 0 heterocycles. The van der Waals surface area contributed by atoms with E-state index in [0.717, 1.165) is 0 Å². The lowest BCUT2D eigenvalue weighted by molar-refractivity contribution is -0.384. The van der Waals surface area contributed by atoms with E-state index in [-0.39, 0.29) is 30.2 Å². The lowest BCUT2D eigenvalue weighted by atomic mass is 10.1. The lowest BCUT2D eigenvalue weighted by Crippen LogP contribution is -2.27. The summed E-state index contributed by atoms with van der Waals surface area (Å²) in [5, 5.41) is 15.2. The molecule has 1 N–H and O–H groups in total.